The number of rotatable bonds is 7. The van der Waals surface area contributed by atoms with E-state index in [1.165, 1.54) is 29.6 Å². The van der Waals surface area contributed by atoms with Crippen LogP contribution >= 0.6 is 11.6 Å². The van der Waals surface area contributed by atoms with Gasteiger partial charge in [-0.05, 0) is 61.6 Å². The third-order valence-corrected chi connectivity index (χ3v) is 8.71. The molecule has 35 heavy (non-hydrogen) atoms. The van der Waals surface area contributed by atoms with Crippen molar-refractivity contribution in [1.29, 1.82) is 0 Å². The van der Waals surface area contributed by atoms with Gasteiger partial charge in [-0.2, -0.15) is 4.31 Å². The molecule has 2 aliphatic heterocycles. The number of anilines is 1. The molecule has 0 unspecified atom stereocenters. The van der Waals surface area contributed by atoms with Gasteiger partial charge in [0.2, 0.25) is 21.8 Å². The van der Waals surface area contributed by atoms with E-state index in [2.05, 4.69) is 5.32 Å². The third-order valence-electron chi connectivity index (χ3n) is 6.55. The molecule has 1 N–H and O–H groups in total. The first-order chi connectivity index (χ1) is 16.8. The fourth-order valence-electron chi connectivity index (χ4n) is 4.53. The van der Waals surface area contributed by atoms with E-state index in [0.29, 0.717) is 37.2 Å². The lowest BCUT2D eigenvalue weighted by molar-refractivity contribution is -0.129. The minimum atomic E-state index is -3.80. The molecule has 8 nitrogen and oxygen atoms in total. The van der Waals surface area contributed by atoms with E-state index < -0.39 is 15.9 Å². The van der Waals surface area contributed by atoms with Crippen LogP contribution in [-0.4, -0.2) is 62.7 Å². The average molecular weight is 520 g/mol. The summed E-state index contributed by atoms with van der Waals surface area (Å²) < 4.78 is 32.7. The number of carbonyl (C=O) groups is 2. The van der Waals surface area contributed by atoms with E-state index in [1.807, 2.05) is 17.0 Å². The Morgan fingerprint density at radius 3 is 2.43 bits per heavy atom. The zero-order valence-electron chi connectivity index (χ0n) is 19.7. The number of amides is 2. The van der Waals surface area contributed by atoms with E-state index >= 15 is 0 Å². The van der Waals surface area contributed by atoms with E-state index in [1.54, 1.807) is 12.1 Å². The fraction of sp³-hybridized carbons (Fsp3) is 0.440. The Morgan fingerprint density at radius 2 is 1.77 bits per heavy atom. The maximum absolute atomic E-state index is 13.2. The first-order valence-corrected chi connectivity index (χ1v) is 13.6. The predicted octanol–water partition coefficient (Wildman–Crippen LogP) is 3.55. The van der Waals surface area contributed by atoms with Gasteiger partial charge in [0.05, 0.1) is 29.4 Å². The number of piperidine rings is 1. The van der Waals surface area contributed by atoms with Crippen LogP contribution < -0.4 is 10.1 Å². The molecule has 188 valence electrons. The Balaban J connectivity index is 1.36. The summed E-state index contributed by atoms with van der Waals surface area (Å²) in [5, 5.41) is 3.10. The Bertz CT molecular complexity index is 1180. The Labute approximate surface area is 211 Å². The molecule has 1 atom stereocenters. The molecule has 2 heterocycles. The smallest absolute Gasteiger partial charge is 0.243 e. The number of nitrogens with one attached hydrogen (secondary N) is 1. The van der Waals surface area contributed by atoms with Gasteiger partial charge < -0.3 is 15.0 Å². The summed E-state index contributed by atoms with van der Waals surface area (Å²) in [4.78, 5) is 27.2. The number of nitrogens with zero attached hydrogens (tertiary/aromatic N) is 2. The van der Waals surface area contributed by atoms with E-state index in [4.69, 9.17) is 16.3 Å². The Hall–Kier alpha value is -2.62. The summed E-state index contributed by atoms with van der Waals surface area (Å²) in [5.74, 6) is -0.170. The number of benzene rings is 2. The van der Waals surface area contributed by atoms with Gasteiger partial charge in [-0.1, -0.05) is 23.7 Å². The molecular weight excluding hydrogens is 490 g/mol. The molecule has 4 rings (SSSR count). The van der Waals surface area contributed by atoms with Crippen molar-refractivity contribution >= 4 is 39.1 Å². The zero-order valence-corrected chi connectivity index (χ0v) is 21.3. The first kappa shape index (κ1) is 25.5. The summed E-state index contributed by atoms with van der Waals surface area (Å²) in [6, 6.07) is 11.6. The molecule has 0 aliphatic carbocycles. The van der Waals surface area contributed by atoms with Gasteiger partial charge in [-0.25, -0.2) is 8.42 Å². The van der Waals surface area contributed by atoms with Crippen LogP contribution in [0.5, 0.6) is 5.75 Å². The van der Waals surface area contributed by atoms with Gasteiger partial charge in [0.15, 0.2) is 0 Å². The number of likely N-dealkylation sites (tertiary alicyclic amines) is 1. The highest BCUT2D eigenvalue weighted by atomic mass is 35.5. The molecule has 0 spiro atoms. The number of halogens is 1. The van der Waals surface area contributed by atoms with Crippen molar-refractivity contribution in [3.05, 3.63) is 53.1 Å². The molecule has 2 saturated heterocycles. The van der Waals surface area contributed by atoms with Crippen molar-refractivity contribution in [1.82, 2.24) is 9.21 Å². The van der Waals surface area contributed by atoms with Crippen molar-refractivity contribution in [3.63, 3.8) is 0 Å². The molecular formula is C25H30ClN3O5S. The monoisotopic (exact) mass is 519 g/mol. The quantitative estimate of drug-likeness (QED) is 0.603. The normalized spacial score (nSPS) is 18.9. The summed E-state index contributed by atoms with van der Waals surface area (Å²) in [5.41, 5.74) is 1.52. The fourth-order valence-corrected chi connectivity index (χ4v) is 6.41. The third kappa shape index (κ3) is 5.97. The molecule has 0 radical (unpaired) electrons. The van der Waals surface area contributed by atoms with Crippen LogP contribution in [0.4, 0.5) is 5.69 Å². The predicted molar refractivity (Wildman–Crippen MR) is 134 cm³/mol. The summed E-state index contributed by atoms with van der Waals surface area (Å²) in [7, 11) is -2.33. The molecule has 10 heteroatoms. The highest BCUT2D eigenvalue weighted by molar-refractivity contribution is 7.89. The topological polar surface area (TPSA) is 96.0 Å². The van der Waals surface area contributed by atoms with Crippen LogP contribution in [0.15, 0.2) is 47.4 Å². The molecule has 2 aromatic carbocycles. The van der Waals surface area contributed by atoms with E-state index in [-0.39, 0.29) is 28.3 Å². The number of ether oxygens (including phenoxy) is 1. The average Bonchev–Trinajstić information content (AvgIpc) is 3.40. The van der Waals surface area contributed by atoms with Gasteiger partial charge >= 0.3 is 0 Å². The lowest BCUT2D eigenvalue weighted by Crippen LogP contribution is -2.43. The van der Waals surface area contributed by atoms with Crippen LogP contribution in [0.25, 0.3) is 0 Å². The molecule has 0 bridgehead atoms. The number of hydrogen-bond donors (Lipinski definition) is 1. The second kappa shape index (κ2) is 11.0. The number of methoxy groups -OCH3 is 1. The lowest BCUT2D eigenvalue weighted by Gasteiger charge is -2.31. The van der Waals surface area contributed by atoms with Gasteiger partial charge in [0.1, 0.15) is 5.75 Å². The van der Waals surface area contributed by atoms with Gasteiger partial charge in [0, 0.05) is 31.9 Å². The highest BCUT2D eigenvalue weighted by Gasteiger charge is 2.33. The maximum atomic E-state index is 13.2. The summed E-state index contributed by atoms with van der Waals surface area (Å²) >= 11 is 6.12. The number of carbonyl (C=O) groups excluding carboxylic acids is 2. The second-order valence-corrected chi connectivity index (χ2v) is 11.3. The Kier molecular flexibility index (Phi) is 7.98. The summed E-state index contributed by atoms with van der Waals surface area (Å²) in [6.07, 6.45) is 3.65. The van der Waals surface area contributed by atoms with Crippen molar-refractivity contribution in [3.8, 4) is 5.75 Å². The first-order valence-electron chi connectivity index (χ1n) is 11.8. The van der Waals surface area contributed by atoms with Gasteiger partial charge in [-0.3, -0.25) is 9.59 Å². The Morgan fingerprint density at radius 1 is 1.06 bits per heavy atom. The highest BCUT2D eigenvalue weighted by Crippen LogP contribution is 2.30. The van der Waals surface area contributed by atoms with E-state index in [9.17, 15) is 18.0 Å². The van der Waals surface area contributed by atoms with Crippen molar-refractivity contribution in [2.75, 3.05) is 38.6 Å². The van der Waals surface area contributed by atoms with Crippen LogP contribution in [0, 0.1) is 5.92 Å². The van der Waals surface area contributed by atoms with Crippen molar-refractivity contribution < 1.29 is 22.7 Å². The van der Waals surface area contributed by atoms with E-state index in [0.717, 1.165) is 31.5 Å². The minimum absolute atomic E-state index is 0.0726. The summed E-state index contributed by atoms with van der Waals surface area (Å²) in [6.45, 7) is 2.09. The van der Waals surface area contributed by atoms with Crippen molar-refractivity contribution in [2.45, 2.75) is 37.0 Å². The van der Waals surface area contributed by atoms with Crippen LogP contribution in [0.1, 0.15) is 31.2 Å². The molecule has 2 aliphatic rings. The SMILES string of the molecule is COc1ccc(S(=O)(=O)N2CCC[C@H](C(=O)Nc3ccc(CC(=O)N4CCCC4)cc3)C2)cc1Cl. The second-order valence-electron chi connectivity index (χ2n) is 8.95. The molecule has 0 aromatic heterocycles. The van der Waals surface area contributed by atoms with Crippen LogP contribution in [0.3, 0.4) is 0 Å². The van der Waals surface area contributed by atoms with Crippen LogP contribution in [0.2, 0.25) is 5.02 Å². The standard InChI is InChI=1S/C25H30ClN3O5S/c1-34-23-11-10-21(16-22(23)26)35(32,33)29-14-4-5-19(17-29)25(31)27-20-8-6-18(7-9-20)15-24(30)28-12-2-3-13-28/h6-11,16,19H,2-5,12-15,17H2,1H3,(H,27,31)/t19-/m0/s1. The number of sulfonamides is 1. The molecule has 2 fully saturated rings. The maximum Gasteiger partial charge on any atom is 0.243 e. The minimum Gasteiger partial charge on any atom is -0.495 e. The molecule has 0 saturated carbocycles. The molecule has 2 amide bonds. The molecule has 2 aromatic rings. The van der Waals surface area contributed by atoms with Gasteiger partial charge in [-0.15, -0.1) is 0 Å². The lowest BCUT2D eigenvalue weighted by atomic mass is 9.98. The zero-order chi connectivity index (χ0) is 25.0. The largest absolute Gasteiger partial charge is 0.495 e. The van der Waals surface area contributed by atoms with Crippen molar-refractivity contribution in [2.24, 2.45) is 5.92 Å². The van der Waals surface area contributed by atoms with Gasteiger partial charge in [0.25, 0.3) is 0 Å². The number of hydrogen-bond acceptors (Lipinski definition) is 5. The van der Waals surface area contributed by atoms with Crippen LogP contribution in [-0.2, 0) is 26.0 Å².